The molecular formula is C32H39NO3. The maximum atomic E-state index is 12.7. The normalized spacial score (nSPS) is 15.7. The Balaban J connectivity index is 1.31. The minimum atomic E-state index is -0.999. The summed E-state index contributed by atoms with van der Waals surface area (Å²) in [5.41, 5.74) is 2.38. The number of ketones is 1. The van der Waals surface area contributed by atoms with Gasteiger partial charge in [0.1, 0.15) is 5.60 Å². The van der Waals surface area contributed by atoms with Gasteiger partial charge >= 0.3 is 0 Å². The maximum Gasteiger partial charge on any atom is 0.162 e. The predicted octanol–water partition coefficient (Wildman–Crippen LogP) is 5.57. The molecule has 1 aliphatic heterocycles. The molecule has 0 aliphatic carbocycles. The van der Waals surface area contributed by atoms with E-state index in [9.17, 15) is 15.0 Å². The number of carbonyl (C=O) groups excluding carboxylic acids is 1. The van der Waals surface area contributed by atoms with Crippen molar-refractivity contribution < 1.29 is 15.0 Å². The Morgan fingerprint density at radius 3 is 1.86 bits per heavy atom. The fourth-order valence-corrected chi connectivity index (χ4v) is 5.40. The number of aliphatic hydroxyl groups is 2. The van der Waals surface area contributed by atoms with Crippen LogP contribution in [0.2, 0.25) is 0 Å². The van der Waals surface area contributed by atoms with Crippen molar-refractivity contribution in [1.29, 1.82) is 0 Å². The Morgan fingerprint density at radius 1 is 0.833 bits per heavy atom. The topological polar surface area (TPSA) is 60.8 Å². The third kappa shape index (κ3) is 5.78. The van der Waals surface area contributed by atoms with Crippen molar-refractivity contribution in [2.45, 2.75) is 50.5 Å². The smallest absolute Gasteiger partial charge is 0.162 e. The van der Waals surface area contributed by atoms with Crippen molar-refractivity contribution in [2.75, 3.05) is 26.2 Å². The number of Topliss-reactive ketones (excluding diaryl/α,β-unsaturated/α-hetero) is 1. The summed E-state index contributed by atoms with van der Waals surface area (Å²) in [6, 6.07) is 27.8. The number of hydrogen-bond donors (Lipinski definition) is 2. The summed E-state index contributed by atoms with van der Waals surface area (Å²) < 4.78 is 0. The van der Waals surface area contributed by atoms with E-state index < -0.39 is 5.60 Å². The molecule has 0 radical (unpaired) electrons. The van der Waals surface area contributed by atoms with Gasteiger partial charge in [-0.1, -0.05) is 98.8 Å². The van der Waals surface area contributed by atoms with Crippen LogP contribution in [0.5, 0.6) is 0 Å². The van der Waals surface area contributed by atoms with Crippen molar-refractivity contribution in [3.8, 4) is 0 Å². The summed E-state index contributed by atoms with van der Waals surface area (Å²) in [6.45, 7) is 6.80. The molecule has 4 heteroatoms. The van der Waals surface area contributed by atoms with Crippen molar-refractivity contribution in [3.05, 3.63) is 107 Å². The highest BCUT2D eigenvalue weighted by Gasteiger charge is 2.41. The van der Waals surface area contributed by atoms with Crippen LogP contribution in [0.1, 0.15) is 66.6 Å². The fraction of sp³-hybridized carbons (Fsp3) is 0.406. The Bertz CT molecular complexity index is 1060. The molecule has 0 spiro atoms. The summed E-state index contributed by atoms with van der Waals surface area (Å²) in [7, 11) is 0. The van der Waals surface area contributed by atoms with E-state index in [1.807, 2.05) is 98.8 Å². The second kappa shape index (κ2) is 11.5. The molecule has 190 valence electrons. The average Bonchev–Trinajstić information content (AvgIpc) is 2.94. The van der Waals surface area contributed by atoms with E-state index in [0.717, 1.165) is 61.2 Å². The van der Waals surface area contributed by atoms with Gasteiger partial charge < -0.3 is 15.1 Å². The first-order chi connectivity index (χ1) is 17.3. The lowest BCUT2D eigenvalue weighted by Crippen LogP contribution is -2.44. The number of aliphatic hydroxyl groups excluding tert-OH is 1. The largest absolute Gasteiger partial charge is 0.395 e. The van der Waals surface area contributed by atoms with E-state index in [1.54, 1.807) is 0 Å². The van der Waals surface area contributed by atoms with Gasteiger partial charge in [0.15, 0.2) is 5.78 Å². The Kier molecular flexibility index (Phi) is 8.40. The van der Waals surface area contributed by atoms with Gasteiger partial charge in [0.05, 0.1) is 6.61 Å². The lowest BCUT2D eigenvalue weighted by Gasteiger charge is -2.42. The number of rotatable bonds is 10. The second-order valence-corrected chi connectivity index (χ2v) is 10.8. The molecule has 1 aliphatic rings. The molecule has 0 atom stereocenters. The molecule has 2 N–H and O–H groups in total. The summed E-state index contributed by atoms with van der Waals surface area (Å²) in [4.78, 5) is 15.1. The van der Waals surface area contributed by atoms with E-state index in [2.05, 4.69) is 4.90 Å². The second-order valence-electron chi connectivity index (χ2n) is 10.8. The number of nitrogens with zero attached hydrogens (tertiary/aromatic N) is 1. The number of likely N-dealkylation sites (tertiary alicyclic amines) is 1. The minimum Gasteiger partial charge on any atom is -0.395 e. The van der Waals surface area contributed by atoms with E-state index in [0.29, 0.717) is 6.42 Å². The van der Waals surface area contributed by atoms with Crippen LogP contribution in [0.4, 0.5) is 0 Å². The Labute approximate surface area is 215 Å². The molecule has 0 bridgehead atoms. The number of hydrogen-bond acceptors (Lipinski definition) is 4. The summed E-state index contributed by atoms with van der Waals surface area (Å²) in [5, 5.41) is 21.6. The van der Waals surface area contributed by atoms with Crippen LogP contribution in [0.3, 0.4) is 0 Å². The third-order valence-corrected chi connectivity index (χ3v) is 7.87. The fourth-order valence-electron chi connectivity index (χ4n) is 5.40. The van der Waals surface area contributed by atoms with E-state index in [4.69, 9.17) is 0 Å². The first kappa shape index (κ1) is 26.3. The molecular weight excluding hydrogens is 446 g/mol. The van der Waals surface area contributed by atoms with Crippen molar-refractivity contribution >= 4 is 5.78 Å². The van der Waals surface area contributed by atoms with Crippen LogP contribution in [-0.4, -0.2) is 47.1 Å². The van der Waals surface area contributed by atoms with Gasteiger partial charge in [-0.25, -0.2) is 0 Å². The zero-order valence-electron chi connectivity index (χ0n) is 21.6. The lowest BCUT2D eigenvalue weighted by atomic mass is 9.72. The molecule has 4 rings (SSSR count). The third-order valence-electron chi connectivity index (χ3n) is 7.87. The van der Waals surface area contributed by atoms with Gasteiger partial charge in [-0.3, -0.25) is 4.79 Å². The summed E-state index contributed by atoms with van der Waals surface area (Å²) >= 11 is 0. The first-order valence-electron chi connectivity index (χ1n) is 13.1. The monoisotopic (exact) mass is 485 g/mol. The van der Waals surface area contributed by atoms with Crippen LogP contribution in [0.25, 0.3) is 0 Å². The van der Waals surface area contributed by atoms with Crippen LogP contribution in [-0.2, 0) is 11.0 Å². The van der Waals surface area contributed by atoms with E-state index in [1.165, 1.54) is 0 Å². The molecule has 0 unspecified atom stereocenters. The van der Waals surface area contributed by atoms with Crippen LogP contribution in [0, 0.1) is 5.92 Å². The highest BCUT2D eigenvalue weighted by molar-refractivity contribution is 5.96. The highest BCUT2D eigenvalue weighted by Crippen LogP contribution is 2.41. The molecule has 1 heterocycles. The molecule has 0 amide bonds. The standard InChI is InChI=1S/C32H39NO3/c1-31(2,24-34)26-17-15-25(16-18-26)30(35)14-9-21-33-22-19-29(20-23-33)32(36,27-10-5-3-6-11-27)28-12-7-4-8-13-28/h3-8,10-13,15-18,29,34,36H,9,14,19-24H2,1-2H3. The molecule has 3 aromatic rings. The molecule has 3 aromatic carbocycles. The molecule has 1 saturated heterocycles. The molecule has 1 fully saturated rings. The molecule has 4 nitrogen and oxygen atoms in total. The minimum absolute atomic E-state index is 0.0745. The first-order valence-corrected chi connectivity index (χ1v) is 13.1. The number of piperidine rings is 1. The van der Waals surface area contributed by atoms with Crippen molar-refractivity contribution in [2.24, 2.45) is 5.92 Å². The maximum absolute atomic E-state index is 12.7. The van der Waals surface area contributed by atoms with E-state index in [-0.39, 0.29) is 23.7 Å². The van der Waals surface area contributed by atoms with Crippen LogP contribution >= 0.6 is 0 Å². The number of benzene rings is 3. The van der Waals surface area contributed by atoms with Gasteiger partial charge in [0, 0.05) is 17.4 Å². The molecule has 0 aromatic heterocycles. The summed E-state index contributed by atoms with van der Waals surface area (Å²) in [5.74, 6) is 0.308. The average molecular weight is 486 g/mol. The zero-order chi connectivity index (χ0) is 25.6. The van der Waals surface area contributed by atoms with Gasteiger partial charge in [-0.2, -0.15) is 0 Å². The molecule has 0 saturated carbocycles. The van der Waals surface area contributed by atoms with Crippen LogP contribution < -0.4 is 0 Å². The van der Waals surface area contributed by atoms with Gasteiger partial charge in [-0.05, 0) is 61.5 Å². The Morgan fingerprint density at radius 2 is 1.36 bits per heavy atom. The molecule has 36 heavy (non-hydrogen) atoms. The summed E-state index contributed by atoms with van der Waals surface area (Å²) in [6.07, 6.45) is 3.18. The van der Waals surface area contributed by atoms with Crippen LogP contribution in [0.15, 0.2) is 84.9 Å². The van der Waals surface area contributed by atoms with Crippen molar-refractivity contribution in [3.63, 3.8) is 0 Å². The quantitative estimate of drug-likeness (QED) is 0.369. The van der Waals surface area contributed by atoms with E-state index >= 15 is 0 Å². The van der Waals surface area contributed by atoms with Gasteiger partial charge in [-0.15, -0.1) is 0 Å². The van der Waals surface area contributed by atoms with Crippen molar-refractivity contribution in [1.82, 2.24) is 4.90 Å². The van der Waals surface area contributed by atoms with Gasteiger partial charge in [0.25, 0.3) is 0 Å². The Hall–Kier alpha value is -2.79. The zero-order valence-corrected chi connectivity index (χ0v) is 21.6. The predicted molar refractivity (Wildman–Crippen MR) is 145 cm³/mol. The number of carbonyl (C=O) groups is 1. The lowest BCUT2D eigenvalue weighted by molar-refractivity contribution is -0.0142. The SMILES string of the molecule is CC(C)(CO)c1ccc(C(=O)CCCN2CCC(C(O)(c3ccccc3)c3ccccc3)CC2)cc1. The van der Waals surface area contributed by atoms with Gasteiger partial charge in [0.2, 0.25) is 0 Å². The highest BCUT2D eigenvalue weighted by atomic mass is 16.3.